The zero-order chi connectivity index (χ0) is 10.4. The minimum absolute atomic E-state index is 1.12. The SMILES string of the molecule is CN/C(C)=C\SCN1CCN(C)CC1. The molecule has 0 aromatic heterocycles. The molecule has 1 heterocycles. The van der Waals surface area contributed by atoms with Gasteiger partial charge >= 0.3 is 0 Å². The Morgan fingerprint density at radius 2 is 2.00 bits per heavy atom. The average Bonchev–Trinajstić information content (AvgIpc) is 2.21. The Balaban J connectivity index is 2.13. The molecule has 0 bridgehead atoms. The molecule has 0 aromatic rings. The van der Waals surface area contributed by atoms with Crippen molar-refractivity contribution in [3.63, 3.8) is 0 Å². The van der Waals surface area contributed by atoms with Crippen LogP contribution in [0.3, 0.4) is 0 Å². The van der Waals surface area contributed by atoms with Crippen LogP contribution in [0.1, 0.15) is 6.92 Å². The quantitative estimate of drug-likeness (QED) is 0.754. The van der Waals surface area contributed by atoms with Crippen molar-refractivity contribution in [2.24, 2.45) is 0 Å². The van der Waals surface area contributed by atoms with Crippen LogP contribution in [0.2, 0.25) is 0 Å². The molecule has 0 aliphatic carbocycles. The lowest BCUT2D eigenvalue weighted by molar-refractivity contribution is 0.175. The van der Waals surface area contributed by atoms with Gasteiger partial charge in [-0.15, -0.1) is 11.8 Å². The second-order valence-corrected chi connectivity index (χ2v) is 4.60. The topological polar surface area (TPSA) is 18.5 Å². The number of hydrogen-bond donors (Lipinski definition) is 1. The molecule has 0 spiro atoms. The van der Waals surface area contributed by atoms with E-state index >= 15 is 0 Å². The lowest BCUT2D eigenvalue weighted by Gasteiger charge is -2.31. The van der Waals surface area contributed by atoms with Gasteiger partial charge < -0.3 is 10.2 Å². The minimum atomic E-state index is 1.12. The van der Waals surface area contributed by atoms with Crippen LogP contribution in [-0.2, 0) is 0 Å². The largest absolute Gasteiger partial charge is 0.391 e. The molecule has 0 aromatic carbocycles. The van der Waals surface area contributed by atoms with E-state index in [0.29, 0.717) is 0 Å². The molecule has 1 fully saturated rings. The number of allylic oxidation sites excluding steroid dienone is 1. The average molecular weight is 215 g/mol. The maximum atomic E-state index is 3.12. The molecule has 3 nitrogen and oxygen atoms in total. The van der Waals surface area contributed by atoms with Crippen molar-refractivity contribution in [2.45, 2.75) is 6.92 Å². The summed E-state index contributed by atoms with van der Waals surface area (Å²) in [6.45, 7) is 6.91. The molecule has 14 heavy (non-hydrogen) atoms. The summed E-state index contributed by atoms with van der Waals surface area (Å²) in [5.41, 5.74) is 1.24. The van der Waals surface area contributed by atoms with Gasteiger partial charge in [0.25, 0.3) is 0 Å². The third-order valence-corrected chi connectivity index (χ3v) is 3.54. The van der Waals surface area contributed by atoms with Crippen molar-refractivity contribution in [1.29, 1.82) is 0 Å². The molecule has 0 saturated carbocycles. The Labute approximate surface area is 91.5 Å². The highest BCUT2D eigenvalue weighted by Crippen LogP contribution is 2.09. The number of hydrogen-bond acceptors (Lipinski definition) is 4. The third kappa shape index (κ3) is 4.35. The number of piperazine rings is 1. The Morgan fingerprint density at radius 1 is 1.36 bits per heavy atom. The maximum absolute atomic E-state index is 3.12. The lowest BCUT2D eigenvalue weighted by Crippen LogP contribution is -2.44. The second-order valence-electron chi connectivity index (χ2n) is 3.77. The van der Waals surface area contributed by atoms with Crippen molar-refractivity contribution in [3.8, 4) is 0 Å². The summed E-state index contributed by atoms with van der Waals surface area (Å²) in [7, 11) is 4.15. The van der Waals surface area contributed by atoms with Crippen molar-refractivity contribution in [1.82, 2.24) is 15.1 Å². The third-order valence-electron chi connectivity index (χ3n) is 2.51. The van der Waals surface area contributed by atoms with Gasteiger partial charge in [-0.2, -0.15) is 0 Å². The van der Waals surface area contributed by atoms with E-state index in [-0.39, 0.29) is 0 Å². The first-order chi connectivity index (χ1) is 6.72. The van der Waals surface area contributed by atoms with Crippen LogP contribution < -0.4 is 5.32 Å². The van der Waals surface area contributed by atoms with Crippen molar-refractivity contribution in [2.75, 3.05) is 46.2 Å². The molecule has 0 atom stereocenters. The van der Waals surface area contributed by atoms with Gasteiger partial charge in [-0.3, -0.25) is 4.90 Å². The number of rotatable bonds is 4. The number of thioether (sulfide) groups is 1. The standard InChI is InChI=1S/C10H21N3S/c1-10(11-2)8-14-9-13-6-4-12(3)5-7-13/h8,11H,4-7,9H2,1-3H3/b10-8-. The van der Waals surface area contributed by atoms with E-state index in [9.17, 15) is 0 Å². The zero-order valence-corrected chi connectivity index (χ0v) is 10.2. The minimum Gasteiger partial charge on any atom is -0.391 e. The van der Waals surface area contributed by atoms with Crippen molar-refractivity contribution < 1.29 is 0 Å². The summed E-state index contributed by atoms with van der Waals surface area (Å²) in [4.78, 5) is 4.89. The fraction of sp³-hybridized carbons (Fsp3) is 0.800. The normalized spacial score (nSPS) is 21.2. The monoisotopic (exact) mass is 215 g/mol. The van der Waals surface area contributed by atoms with E-state index in [1.807, 2.05) is 18.8 Å². The van der Waals surface area contributed by atoms with Crippen LogP contribution in [0, 0.1) is 0 Å². The first-order valence-corrected chi connectivity index (χ1v) is 6.14. The van der Waals surface area contributed by atoms with Crippen LogP contribution in [0.15, 0.2) is 11.1 Å². The summed E-state index contributed by atoms with van der Waals surface area (Å²) in [5.74, 6) is 1.12. The Bertz CT molecular complexity index is 186. The van der Waals surface area contributed by atoms with Gasteiger partial charge in [0.15, 0.2) is 0 Å². The molecule has 1 rings (SSSR count). The molecule has 1 saturated heterocycles. The summed E-state index contributed by atoms with van der Waals surface area (Å²) >= 11 is 1.88. The van der Waals surface area contributed by atoms with Crippen molar-refractivity contribution >= 4 is 11.8 Å². The van der Waals surface area contributed by atoms with E-state index in [2.05, 4.69) is 34.5 Å². The van der Waals surface area contributed by atoms with E-state index in [1.54, 1.807) is 0 Å². The highest BCUT2D eigenvalue weighted by molar-refractivity contribution is 8.02. The van der Waals surface area contributed by atoms with E-state index in [4.69, 9.17) is 0 Å². The van der Waals surface area contributed by atoms with Gasteiger partial charge in [0.1, 0.15) is 0 Å². The van der Waals surface area contributed by atoms with Gasteiger partial charge in [-0.25, -0.2) is 0 Å². The highest BCUT2D eigenvalue weighted by atomic mass is 32.2. The van der Waals surface area contributed by atoms with E-state index in [0.717, 1.165) is 5.88 Å². The first-order valence-electron chi connectivity index (χ1n) is 5.09. The molecule has 0 radical (unpaired) electrons. The zero-order valence-electron chi connectivity index (χ0n) is 9.42. The molecule has 0 unspecified atom stereocenters. The second kappa shape index (κ2) is 6.32. The van der Waals surface area contributed by atoms with Crippen molar-refractivity contribution in [3.05, 3.63) is 11.1 Å². The molecular formula is C10H21N3S. The first kappa shape index (κ1) is 11.9. The van der Waals surface area contributed by atoms with Crippen LogP contribution in [0.5, 0.6) is 0 Å². The number of nitrogens with zero attached hydrogens (tertiary/aromatic N) is 2. The summed E-state index contributed by atoms with van der Waals surface area (Å²) < 4.78 is 0. The van der Waals surface area contributed by atoms with E-state index in [1.165, 1.54) is 31.9 Å². The molecule has 82 valence electrons. The van der Waals surface area contributed by atoms with Gasteiger partial charge in [0, 0.05) is 44.8 Å². The summed E-state index contributed by atoms with van der Waals surface area (Å²) in [5, 5.41) is 5.32. The summed E-state index contributed by atoms with van der Waals surface area (Å²) in [6, 6.07) is 0. The fourth-order valence-corrected chi connectivity index (χ4v) is 2.21. The van der Waals surface area contributed by atoms with Crippen LogP contribution in [-0.4, -0.2) is 56.0 Å². The smallest absolute Gasteiger partial charge is 0.0487 e. The molecule has 0 amide bonds. The molecule has 1 aliphatic heterocycles. The molecule has 4 heteroatoms. The Kier molecular flexibility index (Phi) is 5.37. The predicted molar refractivity (Wildman–Crippen MR) is 64.3 cm³/mol. The maximum Gasteiger partial charge on any atom is 0.0487 e. The number of nitrogens with one attached hydrogen (secondary N) is 1. The van der Waals surface area contributed by atoms with Crippen LogP contribution >= 0.6 is 11.8 Å². The molecule has 1 aliphatic rings. The lowest BCUT2D eigenvalue weighted by atomic mass is 10.4. The fourth-order valence-electron chi connectivity index (χ4n) is 1.30. The summed E-state index contributed by atoms with van der Waals surface area (Å²) in [6.07, 6.45) is 0. The van der Waals surface area contributed by atoms with Gasteiger partial charge in [-0.1, -0.05) is 0 Å². The Hall–Kier alpha value is -0.190. The van der Waals surface area contributed by atoms with Crippen LogP contribution in [0.4, 0.5) is 0 Å². The van der Waals surface area contributed by atoms with E-state index < -0.39 is 0 Å². The van der Waals surface area contributed by atoms with Crippen LogP contribution in [0.25, 0.3) is 0 Å². The molecular weight excluding hydrogens is 194 g/mol. The van der Waals surface area contributed by atoms with Gasteiger partial charge in [-0.05, 0) is 19.4 Å². The number of likely N-dealkylation sites (N-methyl/N-ethyl adjacent to an activating group) is 1. The highest BCUT2D eigenvalue weighted by Gasteiger charge is 2.12. The Morgan fingerprint density at radius 3 is 2.57 bits per heavy atom. The van der Waals surface area contributed by atoms with Gasteiger partial charge in [0.05, 0.1) is 0 Å². The predicted octanol–water partition coefficient (Wildman–Crippen LogP) is 1.01. The molecule has 1 N–H and O–H groups in total. The van der Waals surface area contributed by atoms with Gasteiger partial charge in [0.2, 0.25) is 0 Å².